The van der Waals surface area contributed by atoms with Crippen LogP contribution in [0.15, 0.2) is 17.0 Å². The number of aromatic nitrogens is 1. The molecule has 0 aliphatic carbocycles. The van der Waals surface area contributed by atoms with Crippen molar-refractivity contribution in [3.8, 4) is 0 Å². The molecule has 1 aromatic rings. The highest BCUT2D eigenvalue weighted by Gasteiger charge is 2.16. The fourth-order valence-corrected chi connectivity index (χ4v) is 1.82. The molecule has 0 fully saturated rings. The Kier molecular flexibility index (Phi) is 3.31. The van der Waals surface area contributed by atoms with Crippen LogP contribution in [-0.2, 0) is 13.8 Å². The van der Waals surface area contributed by atoms with Gasteiger partial charge in [-0.2, -0.15) is 0 Å². The summed E-state index contributed by atoms with van der Waals surface area (Å²) in [6.45, 7) is 1.55. The number of hydrogen-bond acceptors (Lipinski definition) is 5. The maximum atomic E-state index is 11.1. The van der Waals surface area contributed by atoms with Gasteiger partial charge in [-0.25, -0.2) is 18.2 Å². The van der Waals surface area contributed by atoms with Crippen LogP contribution in [0.5, 0.6) is 0 Å². The van der Waals surface area contributed by atoms with E-state index in [9.17, 15) is 13.2 Å². The molecule has 15 heavy (non-hydrogen) atoms. The Balaban J connectivity index is 3.35. The zero-order valence-corrected chi connectivity index (χ0v) is 9.59. The zero-order chi connectivity index (χ0) is 11.6. The summed E-state index contributed by atoms with van der Waals surface area (Å²) < 4.78 is 26.5. The molecule has 0 bridgehead atoms. The van der Waals surface area contributed by atoms with Gasteiger partial charge in [0, 0.05) is 16.4 Å². The lowest BCUT2D eigenvalue weighted by Gasteiger charge is -2.02. The number of aryl methyl sites for hydroxylation is 1. The molecule has 7 heteroatoms. The van der Waals surface area contributed by atoms with Gasteiger partial charge >= 0.3 is 5.97 Å². The van der Waals surface area contributed by atoms with E-state index in [0.717, 1.165) is 6.07 Å². The van der Waals surface area contributed by atoms with Crippen LogP contribution in [0.3, 0.4) is 0 Å². The van der Waals surface area contributed by atoms with E-state index in [0.29, 0.717) is 5.69 Å². The van der Waals surface area contributed by atoms with Gasteiger partial charge in [-0.15, -0.1) is 0 Å². The predicted molar refractivity (Wildman–Crippen MR) is 53.4 cm³/mol. The highest BCUT2D eigenvalue weighted by molar-refractivity contribution is 8.13. The van der Waals surface area contributed by atoms with Crippen molar-refractivity contribution < 1.29 is 17.9 Å². The Morgan fingerprint density at radius 3 is 2.53 bits per heavy atom. The summed E-state index contributed by atoms with van der Waals surface area (Å²) in [5.74, 6) is -0.708. The summed E-state index contributed by atoms with van der Waals surface area (Å²) in [4.78, 5) is 14.8. The molecule has 0 atom stereocenters. The van der Waals surface area contributed by atoms with Gasteiger partial charge in [-0.3, -0.25) is 0 Å². The number of nitrogens with zero attached hydrogens (tertiary/aromatic N) is 1. The monoisotopic (exact) mass is 249 g/mol. The topological polar surface area (TPSA) is 73.3 Å². The van der Waals surface area contributed by atoms with Crippen LogP contribution in [0.2, 0.25) is 0 Å². The van der Waals surface area contributed by atoms with Crippen LogP contribution in [0.1, 0.15) is 16.2 Å². The summed E-state index contributed by atoms with van der Waals surface area (Å²) in [7, 11) is 2.46. The van der Waals surface area contributed by atoms with Crippen LogP contribution >= 0.6 is 10.7 Å². The lowest BCUT2D eigenvalue weighted by molar-refractivity contribution is 0.0593. The minimum Gasteiger partial charge on any atom is -0.464 e. The molecular weight excluding hydrogens is 242 g/mol. The van der Waals surface area contributed by atoms with E-state index in [1.807, 2.05) is 0 Å². The molecule has 0 aliphatic heterocycles. The van der Waals surface area contributed by atoms with Gasteiger partial charge < -0.3 is 4.74 Å². The molecule has 0 saturated heterocycles. The summed E-state index contributed by atoms with van der Waals surface area (Å²) in [6, 6.07) is 2.34. The van der Waals surface area contributed by atoms with Crippen molar-refractivity contribution in [2.75, 3.05) is 7.11 Å². The molecular formula is C8H8ClNO4S. The smallest absolute Gasteiger partial charge is 0.356 e. The van der Waals surface area contributed by atoms with E-state index in [2.05, 4.69) is 9.72 Å². The first-order valence-corrected chi connectivity index (χ1v) is 6.17. The van der Waals surface area contributed by atoms with E-state index in [1.165, 1.54) is 13.2 Å². The number of methoxy groups -OCH3 is 1. The average molecular weight is 250 g/mol. The first-order chi connectivity index (χ1) is 6.84. The van der Waals surface area contributed by atoms with Gasteiger partial charge in [0.25, 0.3) is 9.05 Å². The highest BCUT2D eigenvalue weighted by atomic mass is 35.7. The Morgan fingerprint density at radius 1 is 1.47 bits per heavy atom. The number of halogens is 1. The summed E-state index contributed by atoms with van der Waals surface area (Å²) in [5.41, 5.74) is 0.286. The molecule has 0 spiro atoms. The maximum absolute atomic E-state index is 11.1. The number of rotatable bonds is 2. The largest absolute Gasteiger partial charge is 0.464 e. The number of esters is 1. The Hall–Kier alpha value is -1.14. The molecule has 1 aromatic heterocycles. The fraction of sp³-hybridized carbons (Fsp3) is 0.250. The third-order valence-electron chi connectivity index (χ3n) is 1.60. The van der Waals surface area contributed by atoms with Gasteiger partial charge in [-0.1, -0.05) is 0 Å². The molecule has 5 nitrogen and oxygen atoms in total. The van der Waals surface area contributed by atoms with Gasteiger partial charge in [-0.05, 0) is 19.1 Å². The van der Waals surface area contributed by atoms with Gasteiger partial charge in [0.05, 0.1) is 12.0 Å². The molecule has 82 valence electrons. The minimum atomic E-state index is -3.87. The third kappa shape index (κ3) is 2.90. The molecule has 0 aromatic carbocycles. The standard InChI is InChI=1S/C8H8ClNO4S/c1-5-3-6(15(9,12)13)4-7(10-5)8(11)14-2/h3-4H,1-2H3. The molecule has 1 rings (SSSR count). The van der Waals surface area contributed by atoms with E-state index in [4.69, 9.17) is 10.7 Å². The lowest BCUT2D eigenvalue weighted by atomic mass is 10.3. The molecule has 0 N–H and O–H groups in total. The van der Waals surface area contributed by atoms with Crippen molar-refractivity contribution in [3.05, 3.63) is 23.5 Å². The van der Waals surface area contributed by atoms with Crippen molar-refractivity contribution in [1.82, 2.24) is 4.98 Å². The molecule has 0 radical (unpaired) electrons. The first-order valence-electron chi connectivity index (χ1n) is 3.86. The maximum Gasteiger partial charge on any atom is 0.356 e. The molecule has 0 amide bonds. The predicted octanol–water partition coefficient (Wildman–Crippen LogP) is 1.10. The highest BCUT2D eigenvalue weighted by Crippen LogP contribution is 2.16. The third-order valence-corrected chi connectivity index (χ3v) is 2.94. The number of pyridine rings is 1. The van der Waals surface area contributed by atoms with E-state index in [-0.39, 0.29) is 10.6 Å². The fourth-order valence-electron chi connectivity index (χ4n) is 0.987. The van der Waals surface area contributed by atoms with Crippen molar-refractivity contribution in [2.24, 2.45) is 0 Å². The summed E-state index contributed by atoms with van der Waals surface area (Å²) >= 11 is 0. The molecule has 0 unspecified atom stereocenters. The van der Waals surface area contributed by atoms with Crippen LogP contribution < -0.4 is 0 Å². The first kappa shape index (κ1) is 11.9. The number of carbonyl (C=O) groups excluding carboxylic acids is 1. The van der Waals surface area contributed by atoms with Crippen LogP contribution in [0.25, 0.3) is 0 Å². The van der Waals surface area contributed by atoms with Gasteiger partial charge in [0.15, 0.2) is 0 Å². The van der Waals surface area contributed by atoms with Gasteiger partial charge in [0.1, 0.15) is 5.69 Å². The Bertz CT molecular complexity index is 497. The van der Waals surface area contributed by atoms with E-state index >= 15 is 0 Å². The van der Waals surface area contributed by atoms with Crippen LogP contribution in [0, 0.1) is 6.92 Å². The lowest BCUT2D eigenvalue weighted by Crippen LogP contribution is -2.07. The summed E-state index contributed by atoms with van der Waals surface area (Å²) in [6.07, 6.45) is 0. The van der Waals surface area contributed by atoms with Crippen LogP contribution in [0.4, 0.5) is 0 Å². The zero-order valence-electron chi connectivity index (χ0n) is 8.02. The molecule has 0 saturated carbocycles. The second-order valence-electron chi connectivity index (χ2n) is 2.76. The van der Waals surface area contributed by atoms with Crippen molar-refractivity contribution >= 4 is 25.7 Å². The minimum absolute atomic E-state index is 0.0864. The SMILES string of the molecule is COC(=O)c1cc(S(=O)(=O)Cl)cc(C)n1. The Labute approximate surface area is 91.5 Å². The summed E-state index contributed by atoms with van der Waals surface area (Å²) in [5, 5.41) is 0. The number of carbonyl (C=O) groups is 1. The quantitative estimate of drug-likeness (QED) is 0.580. The van der Waals surface area contributed by atoms with Crippen molar-refractivity contribution in [1.29, 1.82) is 0 Å². The Morgan fingerprint density at radius 2 is 2.07 bits per heavy atom. The van der Waals surface area contributed by atoms with Crippen molar-refractivity contribution in [3.63, 3.8) is 0 Å². The number of ether oxygens (including phenoxy) is 1. The second kappa shape index (κ2) is 4.16. The average Bonchev–Trinajstić information content (AvgIpc) is 2.14. The van der Waals surface area contributed by atoms with E-state index in [1.54, 1.807) is 6.92 Å². The van der Waals surface area contributed by atoms with Gasteiger partial charge in [0.2, 0.25) is 0 Å². The van der Waals surface area contributed by atoms with Crippen molar-refractivity contribution in [2.45, 2.75) is 11.8 Å². The molecule has 0 aliphatic rings. The number of hydrogen-bond donors (Lipinski definition) is 0. The van der Waals surface area contributed by atoms with E-state index < -0.39 is 15.0 Å². The van der Waals surface area contributed by atoms with Crippen LogP contribution in [-0.4, -0.2) is 26.5 Å². The normalized spacial score (nSPS) is 11.1. The molecule has 1 heterocycles. The second-order valence-corrected chi connectivity index (χ2v) is 5.32.